The molecule has 0 saturated heterocycles. The fourth-order valence-corrected chi connectivity index (χ4v) is 9.98. The van der Waals surface area contributed by atoms with E-state index < -0.39 is 17.3 Å². The van der Waals surface area contributed by atoms with Gasteiger partial charge in [0.25, 0.3) is 0 Å². The van der Waals surface area contributed by atoms with E-state index in [1.54, 1.807) is 0 Å². The van der Waals surface area contributed by atoms with Crippen molar-refractivity contribution in [2.24, 2.45) is 9.14 Å². The molecule has 0 aromatic heterocycles. The monoisotopic (exact) mass is 499 g/mol. The highest BCUT2D eigenvalue weighted by molar-refractivity contribution is 8.15. The summed E-state index contributed by atoms with van der Waals surface area (Å²) < 4.78 is 34.4. The maximum Gasteiger partial charge on any atom is 0.343 e. The van der Waals surface area contributed by atoms with Gasteiger partial charge in [-0.2, -0.15) is 12.6 Å². The zero-order chi connectivity index (χ0) is 23.6. The van der Waals surface area contributed by atoms with Crippen LogP contribution in [0, 0.1) is 0 Å². The van der Waals surface area contributed by atoms with Crippen LogP contribution in [0.1, 0.15) is 26.7 Å². The Morgan fingerprint density at radius 3 is 1.67 bits per heavy atom. The van der Waals surface area contributed by atoms with Crippen molar-refractivity contribution in [2.45, 2.75) is 26.7 Å². The second kappa shape index (κ2) is 12.2. The Balaban J connectivity index is 2.26. The quantitative estimate of drug-likeness (QED) is 0.197. The van der Waals surface area contributed by atoms with Crippen LogP contribution in [0.3, 0.4) is 0 Å². The van der Waals surface area contributed by atoms with Crippen molar-refractivity contribution in [3.8, 4) is 0 Å². The van der Waals surface area contributed by atoms with Gasteiger partial charge in [-0.3, -0.25) is 4.99 Å². The van der Waals surface area contributed by atoms with Crippen LogP contribution in [0.2, 0.25) is 0 Å². The minimum Gasteiger partial charge on any atom is -0.262 e. The van der Waals surface area contributed by atoms with Crippen LogP contribution in [0.15, 0.2) is 100 Å². The van der Waals surface area contributed by atoms with Crippen molar-refractivity contribution in [3.05, 3.63) is 91.0 Å². The molecule has 0 radical (unpaired) electrons. The summed E-state index contributed by atoms with van der Waals surface area (Å²) in [5, 5.41) is 3.02. The molecule has 0 aliphatic heterocycles. The molecule has 8 heteroatoms. The van der Waals surface area contributed by atoms with Gasteiger partial charge in [-0.25, -0.2) is 4.72 Å². The first kappa shape index (κ1) is 25.3. The molecule has 3 aromatic rings. The highest BCUT2D eigenvalue weighted by Crippen LogP contribution is 2.47. The van der Waals surface area contributed by atoms with E-state index in [-0.39, 0.29) is 0 Å². The first-order valence-corrected chi connectivity index (χ1v) is 15.2. The molecule has 0 unspecified atom stereocenters. The molecular formula is C25H30N3O2PS2. The number of rotatable bonds is 9. The SMILES string of the molecule is CCCCN=C(NS(=O)(=O)N=P(c1ccccc1)(c1ccccc1)c1ccccc1)SCC. The lowest BCUT2D eigenvalue weighted by atomic mass is 10.3. The van der Waals surface area contributed by atoms with Crippen LogP contribution in [0.25, 0.3) is 0 Å². The van der Waals surface area contributed by atoms with Gasteiger partial charge in [-0.05, 0) is 12.2 Å². The Hall–Kier alpha value is -2.34. The molecule has 0 atom stereocenters. The van der Waals surface area contributed by atoms with Crippen molar-refractivity contribution in [1.29, 1.82) is 0 Å². The highest BCUT2D eigenvalue weighted by atomic mass is 32.2. The number of nitrogens with one attached hydrogen (secondary N) is 1. The van der Waals surface area contributed by atoms with Gasteiger partial charge in [0.05, 0.1) is 7.05 Å². The predicted molar refractivity (Wildman–Crippen MR) is 145 cm³/mol. The largest absolute Gasteiger partial charge is 0.343 e. The topological polar surface area (TPSA) is 70.9 Å². The Morgan fingerprint density at radius 1 is 0.818 bits per heavy atom. The normalized spacial score (nSPS) is 12.4. The van der Waals surface area contributed by atoms with Gasteiger partial charge < -0.3 is 0 Å². The lowest BCUT2D eigenvalue weighted by molar-refractivity contribution is 0.595. The van der Waals surface area contributed by atoms with Crippen LogP contribution < -0.4 is 20.6 Å². The standard InChI is InChI=1S/C25H30N3O2PS2/c1-3-5-21-26-25(32-4-2)27-33(29,30)28-31(22-15-9-6-10-16-22,23-17-11-7-12-18-23)24-19-13-8-14-20-24/h6-20H,3-5,21H2,1-2H3,(H,26,27). The molecule has 3 aromatic carbocycles. The van der Waals surface area contributed by atoms with Gasteiger partial charge in [0.2, 0.25) is 0 Å². The molecule has 5 nitrogen and oxygen atoms in total. The summed E-state index contributed by atoms with van der Waals surface area (Å²) in [6.45, 7) is 4.64. The van der Waals surface area contributed by atoms with Crippen molar-refractivity contribution in [3.63, 3.8) is 0 Å². The third-order valence-corrected chi connectivity index (χ3v) is 11.2. The molecule has 0 aliphatic carbocycles. The summed E-state index contributed by atoms with van der Waals surface area (Å²) in [5.74, 6) is 0.712. The Morgan fingerprint density at radius 2 is 1.27 bits per heavy atom. The number of hydrogen-bond acceptors (Lipinski definition) is 4. The molecule has 3 rings (SSSR count). The molecule has 0 saturated carbocycles. The minimum atomic E-state index is -4.07. The number of unbranched alkanes of at least 4 members (excludes halogenated alkanes) is 1. The number of thioether (sulfide) groups is 1. The van der Waals surface area contributed by atoms with E-state index in [4.69, 9.17) is 0 Å². The van der Waals surface area contributed by atoms with Gasteiger partial charge >= 0.3 is 10.2 Å². The summed E-state index contributed by atoms with van der Waals surface area (Å²) >= 11 is 1.38. The molecule has 0 aliphatic rings. The van der Waals surface area contributed by atoms with E-state index in [2.05, 4.69) is 20.8 Å². The van der Waals surface area contributed by atoms with Crippen molar-refractivity contribution in [1.82, 2.24) is 4.72 Å². The number of aliphatic imine (C=N–C) groups is 1. The first-order valence-electron chi connectivity index (χ1n) is 11.0. The van der Waals surface area contributed by atoms with Crippen LogP contribution in [-0.4, -0.2) is 25.9 Å². The van der Waals surface area contributed by atoms with E-state index >= 15 is 0 Å². The molecule has 0 amide bonds. The molecule has 0 spiro atoms. The number of benzene rings is 3. The average Bonchev–Trinajstić information content (AvgIpc) is 2.84. The third kappa shape index (κ3) is 6.59. The van der Waals surface area contributed by atoms with E-state index in [1.165, 1.54) is 11.8 Å². The molecule has 1 N–H and O–H groups in total. The second-order valence-corrected chi connectivity index (χ2v) is 13.2. The predicted octanol–water partition coefficient (Wildman–Crippen LogP) is 4.91. The fraction of sp³-hybridized carbons (Fsp3) is 0.240. The van der Waals surface area contributed by atoms with E-state index in [0.29, 0.717) is 17.5 Å². The summed E-state index contributed by atoms with van der Waals surface area (Å²) in [4.78, 5) is 4.48. The Bertz CT molecular complexity index is 1100. The summed E-state index contributed by atoms with van der Waals surface area (Å²) in [6, 6.07) is 29.1. The van der Waals surface area contributed by atoms with Gasteiger partial charge in [-0.1, -0.05) is 123 Å². The molecule has 0 bridgehead atoms. The van der Waals surface area contributed by atoms with Crippen LogP contribution in [0.5, 0.6) is 0 Å². The highest BCUT2D eigenvalue weighted by Gasteiger charge is 2.30. The smallest absolute Gasteiger partial charge is 0.262 e. The fourth-order valence-electron chi connectivity index (χ4n) is 3.39. The minimum absolute atomic E-state index is 0.391. The zero-order valence-corrected chi connectivity index (χ0v) is 21.5. The average molecular weight is 500 g/mol. The maximum atomic E-state index is 13.5. The Kier molecular flexibility index (Phi) is 9.36. The van der Waals surface area contributed by atoms with Crippen molar-refractivity contribution in [2.75, 3.05) is 12.3 Å². The lowest BCUT2D eigenvalue weighted by Gasteiger charge is -2.26. The number of amidine groups is 1. The van der Waals surface area contributed by atoms with Crippen LogP contribution in [-0.2, 0) is 10.2 Å². The Labute approximate surface area is 202 Å². The van der Waals surface area contributed by atoms with Gasteiger partial charge in [0.15, 0.2) is 5.17 Å². The van der Waals surface area contributed by atoms with Crippen molar-refractivity contribution >= 4 is 50.1 Å². The summed E-state index contributed by atoms with van der Waals surface area (Å²) in [6.07, 6.45) is 1.90. The van der Waals surface area contributed by atoms with Gasteiger partial charge in [0, 0.05) is 22.5 Å². The third-order valence-electron chi connectivity index (χ3n) is 4.88. The number of hydrogen-bond donors (Lipinski definition) is 1. The number of nitrogens with zero attached hydrogens (tertiary/aromatic N) is 2. The van der Waals surface area contributed by atoms with Crippen molar-refractivity contribution < 1.29 is 8.42 Å². The molecule has 174 valence electrons. The second-order valence-electron chi connectivity index (χ2n) is 7.27. The summed E-state index contributed by atoms with van der Waals surface area (Å²) in [5.41, 5.74) is 0. The van der Waals surface area contributed by atoms with Crippen LogP contribution >= 0.6 is 18.8 Å². The molecule has 0 heterocycles. The van der Waals surface area contributed by atoms with E-state index in [0.717, 1.165) is 28.8 Å². The lowest BCUT2D eigenvalue weighted by Crippen LogP contribution is -2.31. The summed E-state index contributed by atoms with van der Waals surface area (Å²) in [7, 11) is -6.94. The van der Waals surface area contributed by atoms with E-state index in [1.807, 2.05) is 97.9 Å². The van der Waals surface area contributed by atoms with Gasteiger partial charge in [-0.15, -0.1) is 0 Å². The molecule has 0 fully saturated rings. The molecular weight excluding hydrogens is 469 g/mol. The first-order chi connectivity index (χ1) is 16.0. The zero-order valence-electron chi connectivity index (χ0n) is 19.0. The molecule has 33 heavy (non-hydrogen) atoms. The van der Waals surface area contributed by atoms with Crippen LogP contribution in [0.4, 0.5) is 0 Å². The van der Waals surface area contributed by atoms with Gasteiger partial charge in [0.1, 0.15) is 0 Å². The maximum absolute atomic E-state index is 13.5. The van der Waals surface area contributed by atoms with E-state index in [9.17, 15) is 8.42 Å².